The molecule has 1 N–H and O–H groups in total. The third kappa shape index (κ3) is 4.62. The van der Waals surface area contributed by atoms with Gasteiger partial charge in [0.1, 0.15) is 5.82 Å². The average molecular weight is 441 g/mol. The summed E-state index contributed by atoms with van der Waals surface area (Å²) in [5, 5.41) is 2.10. The fourth-order valence-corrected chi connectivity index (χ4v) is 6.26. The number of aromatic amines is 1. The number of carbonyl (C=O) groups excluding carboxylic acids is 1. The smallest absolute Gasteiger partial charge is 0.255 e. The van der Waals surface area contributed by atoms with E-state index in [4.69, 9.17) is 4.98 Å². The molecule has 0 spiro atoms. The van der Waals surface area contributed by atoms with Crippen molar-refractivity contribution in [1.82, 2.24) is 19.8 Å². The molecular formula is C24H32N4O2S. The lowest BCUT2D eigenvalue weighted by molar-refractivity contribution is -0.136. The van der Waals surface area contributed by atoms with Crippen LogP contribution in [0.4, 0.5) is 0 Å². The second kappa shape index (κ2) is 9.25. The summed E-state index contributed by atoms with van der Waals surface area (Å²) in [5.41, 5.74) is 1.70. The molecule has 1 saturated carbocycles. The van der Waals surface area contributed by atoms with Crippen LogP contribution in [0.5, 0.6) is 0 Å². The highest BCUT2D eigenvalue weighted by Gasteiger charge is 2.32. The lowest BCUT2D eigenvalue weighted by Crippen LogP contribution is -2.42. The molecule has 6 nitrogen and oxygen atoms in total. The maximum absolute atomic E-state index is 13.1. The van der Waals surface area contributed by atoms with Crippen LogP contribution in [0.15, 0.2) is 22.3 Å². The lowest BCUT2D eigenvalue weighted by atomic mass is 9.97. The van der Waals surface area contributed by atoms with E-state index in [1.165, 1.54) is 30.6 Å². The third-order valence-corrected chi connectivity index (χ3v) is 8.06. The van der Waals surface area contributed by atoms with Gasteiger partial charge in [-0.2, -0.15) is 0 Å². The van der Waals surface area contributed by atoms with Crippen molar-refractivity contribution in [3.05, 3.63) is 49.8 Å². The predicted molar refractivity (Wildman–Crippen MR) is 122 cm³/mol. The Morgan fingerprint density at radius 2 is 2.00 bits per heavy atom. The summed E-state index contributed by atoms with van der Waals surface area (Å²) in [6.45, 7) is 3.22. The molecule has 166 valence electrons. The van der Waals surface area contributed by atoms with Crippen molar-refractivity contribution < 1.29 is 4.79 Å². The summed E-state index contributed by atoms with van der Waals surface area (Å²) in [6.07, 6.45) is 9.33. The van der Waals surface area contributed by atoms with Gasteiger partial charge in [0.2, 0.25) is 5.91 Å². The normalized spacial score (nSPS) is 22.6. The van der Waals surface area contributed by atoms with E-state index >= 15 is 0 Å². The SMILES string of the molecule is O=C(CC1CCCC1)N1CCCC[C@@H]1c1nc2c(c(=O)[nH]1)CN(Cc1cccs1)CC2. The first-order chi connectivity index (χ1) is 15.2. The molecule has 2 aliphatic heterocycles. The van der Waals surface area contributed by atoms with Gasteiger partial charge in [0.15, 0.2) is 0 Å². The number of fused-ring (bicyclic) bond motifs is 1. The number of carbonyl (C=O) groups is 1. The molecule has 0 unspecified atom stereocenters. The van der Waals surface area contributed by atoms with E-state index in [0.29, 0.717) is 24.7 Å². The van der Waals surface area contributed by atoms with Crippen LogP contribution in [0.2, 0.25) is 0 Å². The Hall–Kier alpha value is -1.99. The molecular weight excluding hydrogens is 408 g/mol. The zero-order valence-corrected chi connectivity index (χ0v) is 19.0. The molecule has 3 aliphatic rings. The van der Waals surface area contributed by atoms with E-state index in [1.54, 1.807) is 11.3 Å². The van der Waals surface area contributed by atoms with Crippen molar-refractivity contribution >= 4 is 17.2 Å². The summed E-state index contributed by atoms with van der Waals surface area (Å²) in [6, 6.07) is 4.14. The van der Waals surface area contributed by atoms with Gasteiger partial charge >= 0.3 is 0 Å². The Kier molecular flexibility index (Phi) is 6.23. The van der Waals surface area contributed by atoms with Gasteiger partial charge in [0, 0.05) is 43.9 Å². The number of H-pyrrole nitrogens is 1. The van der Waals surface area contributed by atoms with Crippen LogP contribution in [0.1, 0.15) is 79.4 Å². The molecule has 4 heterocycles. The molecule has 1 aliphatic carbocycles. The monoisotopic (exact) mass is 440 g/mol. The van der Waals surface area contributed by atoms with E-state index in [2.05, 4.69) is 27.4 Å². The standard InChI is InChI=1S/C24H32N4O2S/c29-22(14-17-6-1-2-7-17)28-11-4-3-9-21(28)23-25-20-10-12-27(15-18-8-5-13-31-18)16-19(20)24(30)26-23/h5,8,13,17,21H,1-4,6-7,9-12,14-16H2,(H,25,26,30)/t21-/m1/s1. The molecule has 2 aromatic heterocycles. The molecule has 0 bridgehead atoms. The first-order valence-corrected chi connectivity index (χ1v) is 12.7. The molecule has 0 aromatic carbocycles. The van der Waals surface area contributed by atoms with Crippen LogP contribution in [-0.2, 0) is 24.3 Å². The first kappa shape index (κ1) is 20.9. The Bertz CT molecular complexity index is 964. The van der Waals surface area contributed by atoms with E-state index < -0.39 is 0 Å². The van der Waals surface area contributed by atoms with Crippen LogP contribution in [0.3, 0.4) is 0 Å². The van der Waals surface area contributed by atoms with Crippen LogP contribution in [-0.4, -0.2) is 38.8 Å². The Morgan fingerprint density at radius 3 is 2.81 bits per heavy atom. The number of rotatable bonds is 5. The Labute approximate surface area is 187 Å². The number of hydrogen-bond acceptors (Lipinski definition) is 5. The van der Waals surface area contributed by atoms with Gasteiger partial charge in [-0.25, -0.2) is 4.98 Å². The van der Waals surface area contributed by atoms with Crippen molar-refractivity contribution in [1.29, 1.82) is 0 Å². The lowest BCUT2D eigenvalue weighted by Gasteiger charge is -2.36. The van der Waals surface area contributed by atoms with Gasteiger partial charge in [-0.3, -0.25) is 14.5 Å². The zero-order valence-electron chi connectivity index (χ0n) is 18.1. The minimum absolute atomic E-state index is 0.0235. The number of hydrogen-bond donors (Lipinski definition) is 1. The summed E-state index contributed by atoms with van der Waals surface area (Å²) >= 11 is 1.76. The van der Waals surface area contributed by atoms with Crippen LogP contribution < -0.4 is 5.56 Å². The van der Waals surface area contributed by atoms with Crippen LogP contribution in [0, 0.1) is 5.92 Å². The van der Waals surface area contributed by atoms with Crippen molar-refractivity contribution in [2.24, 2.45) is 5.92 Å². The van der Waals surface area contributed by atoms with Crippen LogP contribution in [0.25, 0.3) is 0 Å². The molecule has 1 atom stereocenters. The molecule has 1 saturated heterocycles. The molecule has 5 rings (SSSR count). The van der Waals surface area contributed by atoms with Crippen molar-refractivity contribution in [2.75, 3.05) is 13.1 Å². The maximum atomic E-state index is 13.1. The predicted octanol–water partition coefficient (Wildman–Crippen LogP) is 4.02. The summed E-state index contributed by atoms with van der Waals surface area (Å²) in [4.78, 5) is 39.8. The van der Waals surface area contributed by atoms with E-state index in [1.807, 2.05) is 4.90 Å². The highest BCUT2D eigenvalue weighted by molar-refractivity contribution is 7.09. The van der Waals surface area contributed by atoms with Gasteiger partial charge < -0.3 is 9.88 Å². The summed E-state index contributed by atoms with van der Waals surface area (Å²) in [7, 11) is 0. The molecule has 7 heteroatoms. The van der Waals surface area contributed by atoms with Crippen LogP contribution >= 0.6 is 11.3 Å². The minimum Gasteiger partial charge on any atom is -0.333 e. The number of nitrogens with one attached hydrogen (secondary N) is 1. The topological polar surface area (TPSA) is 69.3 Å². The summed E-state index contributed by atoms with van der Waals surface area (Å²) < 4.78 is 0. The van der Waals surface area contributed by atoms with Crippen molar-refractivity contribution in [3.63, 3.8) is 0 Å². The molecule has 2 aromatic rings. The van der Waals surface area contributed by atoms with Gasteiger partial charge in [-0.15, -0.1) is 11.3 Å². The maximum Gasteiger partial charge on any atom is 0.255 e. The molecule has 31 heavy (non-hydrogen) atoms. The number of piperidine rings is 1. The largest absolute Gasteiger partial charge is 0.333 e. The van der Waals surface area contributed by atoms with E-state index in [-0.39, 0.29) is 17.5 Å². The molecule has 0 radical (unpaired) electrons. The number of likely N-dealkylation sites (tertiary alicyclic amines) is 1. The van der Waals surface area contributed by atoms with Crippen molar-refractivity contribution in [2.45, 2.75) is 76.9 Å². The first-order valence-electron chi connectivity index (χ1n) is 11.8. The van der Waals surface area contributed by atoms with Gasteiger partial charge in [0.25, 0.3) is 5.56 Å². The van der Waals surface area contributed by atoms with Crippen molar-refractivity contribution in [3.8, 4) is 0 Å². The number of thiophene rings is 1. The Morgan fingerprint density at radius 1 is 1.16 bits per heavy atom. The number of amides is 1. The summed E-state index contributed by atoms with van der Waals surface area (Å²) in [5.74, 6) is 1.49. The highest BCUT2D eigenvalue weighted by atomic mass is 32.1. The zero-order chi connectivity index (χ0) is 21.2. The minimum atomic E-state index is -0.0789. The quantitative estimate of drug-likeness (QED) is 0.762. The van der Waals surface area contributed by atoms with Gasteiger partial charge in [0.05, 0.1) is 17.3 Å². The Balaban J connectivity index is 1.33. The van der Waals surface area contributed by atoms with E-state index in [9.17, 15) is 9.59 Å². The average Bonchev–Trinajstić information content (AvgIpc) is 3.48. The second-order valence-electron chi connectivity index (χ2n) is 9.37. The third-order valence-electron chi connectivity index (χ3n) is 7.20. The fourth-order valence-electron chi connectivity index (χ4n) is 5.51. The highest BCUT2D eigenvalue weighted by Crippen LogP contribution is 2.33. The number of nitrogens with zero attached hydrogens (tertiary/aromatic N) is 3. The number of aromatic nitrogens is 2. The second-order valence-corrected chi connectivity index (χ2v) is 10.4. The molecule has 2 fully saturated rings. The molecule has 1 amide bonds. The van der Waals surface area contributed by atoms with E-state index in [0.717, 1.165) is 56.6 Å². The van der Waals surface area contributed by atoms with Gasteiger partial charge in [-0.05, 0) is 49.5 Å². The fraction of sp³-hybridized carbons (Fsp3) is 0.625. The van der Waals surface area contributed by atoms with Gasteiger partial charge in [-0.1, -0.05) is 18.9 Å².